The third kappa shape index (κ3) is 2.68. The molecule has 0 aliphatic heterocycles. The summed E-state index contributed by atoms with van der Waals surface area (Å²) in [5.74, 6) is 1.03. The third-order valence-electron chi connectivity index (χ3n) is 2.54. The van der Waals surface area contributed by atoms with Crippen molar-refractivity contribution in [1.82, 2.24) is 14.9 Å². The molecule has 1 heterocycles. The summed E-state index contributed by atoms with van der Waals surface area (Å²) in [4.78, 5) is 15.0. The second kappa shape index (κ2) is 5.46. The number of nitrogens with zero attached hydrogens (tertiary/aromatic N) is 2. The van der Waals surface area contributed by atoms with Crippen LogP contribution >= 0.6 is 23.2 Å². The van der Waals surface area contributed by atoms with E-state index in [0.717, 1.165) is 16.9 Å². The van der Waals surface area contributed by atoms with Crippen LogP contribution in [0.4, 0.5) is 4.79 Å². The first-order valence-corrected chi connectivity index (χ1v) is 6.27. The van der Waals surface area contributed by atoms with E-state index in [9.17, 15) is 4.79 Å². The Morgan fingerprint density at radius 3 is 2.94 bits per heavy atom. The highest BCUT2D eigenvalue weighted by molar-refractivity contribution is 6.31. The Morgan fingerprint density at radius 1 is 1.50 bits per heavy atom. The van der Waals surface area contributed by atoms with Crippen LogP contribution in [0.5, 0.6) is 0 Å². The van der Waals surface area contributed by atoms with Gasteiger partial charge in [0.2, 0.25) is 0 Å². The number of alkyl halides is 1. The molecule has 0 saturated carbocycles. The standard InChI is InChI=1S/C11H12Cl2N4O/c12-6-10-16-8-5-7(13)1-2-9(8)17(10)4-3-15-11(14)18/h1-2,5H,3-4,6H2,(H3,14,15,18). The van der Waals surface area contributed by atoms with E-state index in [0.29, 0.717) is 24.0 Å². The van der Waals surface area contributed by atoms with E-state index >= 15 is 0 Å². The molecule has 96 valence electrons. The van der Waals surface area contributed by atoms with Crippen molar-refractivity contribution in [2.75, 3.05) is 6.54 Å². The van der Waals surface area contributed by atoms with Crippen molar-refractivity contribution in [3.8, 4) is 0 Å². The fourth-order valence-corrected chi connectivity index (χ4v) is 2.17. The minimum absolute atomic E-state index is 0.295. The number of nitrogens with two attached hydrogens (primary N) is 1. The van der Waals surface area contributed by atoms with Gasteiger partial charge in [-0.1, -0.05) is 11.6 Å². The Balaban J connectivity index is 2.31. The molecule has 2 aromatic rings. The summed E-state index contributed by atoms with van der Waals surface area (Å²) in [6.07, 6.45) is 0. The summed E-state index contributed by atoms with van der Waals surface area (Å²) in [5, 5.41) is 3.16. The normalized spacial score (nSPS) is 10.8. The number of hydrogen-bond acceptors (Lipinski definition) is 2. The molecule has 0 bridgehead atoms. The van der Waals surface area contributed by atoms with Gasteiger partial charge in [0, 0.05) is 18.1 Å². The fraction of sp³-hybridized carbons (Fsp3) is 0.273. The first-order chi connectivity index (χ1) is 8.61. The number of fused-ring (bicyclic) bond motifs is 1. The van der Waals surface area contributed by atoms with Crippen molar-refractivity contribution in [3.63, 3.8) is 0 Å². The molecule has 0 aliphatic rings. The van der Waals surface area contributed by atoms with Crippen molar-refractivity contribution in [2.24, 2.45) is 5.73 Å². The molecule has 1 aromatic carbocycles. The molecule has 2 amide bonds. The van der Waals surface area contributed by atoms with Gasteiger partial charge in [-0.25, -0.2) is 9.78 Å². The van der Waals surface area contributed by atoms with Crippen LogP contribution in [-0.4, -0.2) is 22.1 Å². The third-order valence-corrected chi connectivity index (χ3v) is 3.02. The zero-order valence-electron chi connectivity index (χ0n) is 9.49. The zero-order chi connectivity index (χ0) is 13.1. The highest BCUT2D eigenvalue weighted by atomic mass is 35.5. The van der Waals surface area contributed by atoms with Gasteiger partial charge in [-0.3, -0.25) is 0 Å². The molecule has 0 fully saturated rings. The second-order valence-corrected chi connectivity index (χ2v) is 4.44. The van der Waals surface area contributed by atoms with E-state index < -0.39 is 6.03 Å². The highest BCUT2D eigenvalue weighted by Crippen LogP contribution is 2.21. The summed E-state index contributed by atoms with van der Waals surface area (Å²) < 4.78 is 1.94. The van der Waals surface area contributed by atoms with E-state index in [1.54, 1.807) is 12.1 Å². The number of rotatable bonds is 4. The molecule has 18 heavy (non-hydrogen) atoms. The Morgan fingerprint density at radius 2 is 2.28 bits per heavy atom. The average Bonchev–Trinajstić information content (AvgIpc) is 2.66. The lowest BCUT2D eigenvalue weighted by Crippen LogP contribution is -2.32. The first-order valence-electron chi connectivity index (χ1n) is 5.35. The Kier molecular flexibility index (Phi) is 3.93. The number of hydrogen-bond donors (Lipinski definition) is 2. The fourth-order valence-electron chi connectivity index (χ4n) is 1.80. The molecule has 3 N–H and O–H groups in total. The Hall–Kier alpha value is -1.46. The number of amides is 2. The SMILES string of the molecule is NC(=O)NCCn1c(CCl)nc2cc(Cl)ccc21. The lowest BCUT2D eigenvalue weighted by atomic mass is 10.3. The number of aromatic nitrogens is 2. The maximum Gasteiger partial charge on any atom is 0.312 e. The number of imidazole rings is 1. The lowest BCUT2D eigenvalue weighted by Gasteiger charge is -2.07. The minimum Gasteiger partial charge on any atom is -0.352 e. The number of primary amides is 1. The number of carbonyl (C=O) groups is 1. The van der Waals surface area contributed by atoms with Crippen LogP contribution in [0.25, 0.3) is 11.0 Å². The summed E-state index contributed by atoms with van der Waals surface area (Å²) in [5.41, 5.74) is 6.74. The van der Waals surface area contributed by atoms with Crippen LogP contribution in [0.2, 0.25) is 5.02 Å². The van der Waals surface area contributed by atoms with Crippen molar-refractivity contribution in [2.45, 2.75) is 12.4 Å². The maximum absolute atomic E-state index is 10.6. The number of nitrogens with one attached hydrogen (secondary N) is 1. The smallest absolute Gasteiger partial charge is 0.312 e. The molecule has 2 rings (SSSR count). The molecule has 0 unspecified atom stereocenters. The summed E-state index contributed by atoms with van der Waals surface area (Å²) in [6, 6.07) is 4.91. The van der Waals surface area contributed by atoms with Gasteiger partial charge in [0.05, 0.1) is 16.9 Å². The number of carbonyl (C=O) groups excluding carboxylic acids is 1. The van der Waals surface area contributed by atoms with Crippen molar-refractivity contribution >= 4 is 40.3 Å². The van der Waals surface area contributed by atoms with E-state index in [2.05, 4.69) is 10.3 Å². The van der Waals surface area contributed by atoms with Crippen molar-refractivity contribution in [1.29, 1.82) is 0 Å². The molecule has 7 heteroatoms. The molecular weight excluding hydrogens is 275 g/mol. The topological polar surface area (TPSA) is 72.9 Å². The lowest BCUT2D eigenvalue weighted by molar-refractivity contribution is 0.248. The van der Waals surface area contributed by atoms with Crippen LogP contribution in [-0.2, 0) is 12.4 Å². The van der Waals surface area contributed by atoms with Crippen molar-refractivity contribution in [3.05, 3.63) is 29.0 Å². The van der Waals surface area contributed by atoms with E-state index in [1.807, 2.05) is 10.6 Å². The summed E-state index contributed by atoms with van der Waals surface area (Å²) in [7, 11) is 0. The predicted molar refractivity (Wildman–Crippen MR) is 71.9 cm³/mol. The number of benzene rings is 1. The summed E-state index contributed by atoms with van der Waals surface area (Å²) in [6.45, 7) is 0.983. The highest BCUT2D eigenvalue weighted by Gasteiger charge is 2.10. The van der Waals surface area contributed by atoms with Crippen LogP contribution in [0.1, 0.15) is 5.82 Å². The monoisotopic (exact) mass is 286 g/mol. The van der Waals surface area contributed by atoms with E-state index in [4.69, 9.17) is 28.9 Å². The van der Waals surface area contributed by atoms with Crippen LogP contribution in [0.3, 0.4) is 0 Å². The largest absolute Gasteiger partial charge is 0.352 e. The first kappa shape index (κ1) is 13.0. The number of halogens is 2. The molecule has 0 atom stereocenters. The van der Waals surface area contributed by atoms with Gasteiger partial charge in [0.15, 0.2) is 0 Å². The predicted octanol–water partition coefficient (Wildman–Crippen LogP) is 2.10. The van der Waals surface area contributed by atoms with Crippen LogP contribution < -0.4 is 11.1 Å². The molecule has 0 spiro atoms. The van der Waals surface area contributed by atoms with Crippen LogP contribution in [0, 0.1) is 0 Å². The minimum atomic E-state index is -0.546. The average molecular weight is 287 g/mol. The van der Waals surface area contributed by atoms with E-state index in [-0.39, 0.29) is 0 Å². The van der Waals surface area contributed by atoms with Gasteiger partial charge in [-0.05, 0) is 18.2 Å². The second-order valence-electron chi connectivity index (χ2n) is 3.74. The molecule has 0 aliphatic carbocycles. The maximum atomic E-state index is 10.6. The van der Waals surface area contributed by atoms with Gasteiger partial charge in [-0.15, -0.1) is 11.6 Å². The van der Waals surface area contributed by atoms with Gasteiger partial charge < -0.3 is 15.6 Å². The quantitative estimate of drug-likeness (QED) is 0.845. The molecule has 0 saturated heterocycles. The van der Waals surface area contributed by atoms with Gasteiger partial charge in [0.1, 0.15) is 5.82 Å². The van der Waals surface area contributed by atoms with Gasteiger partial charge in [-0.2, -0.15) is 0 Å². The Bertz CT molecular complexity index is 582. The van der Waals surface area contributed by atoms with Gasteiger partial charge in [0.25, 0.3) is 0 Å². The van der Waals surface area contributed by atoms with Crippen LogP contribution in [0.15, 0.2) is 18.2 Å². The van der Waals surface area contributed by atoms with Gasteiger partial charge >= 0.3 is 6.03 Å². The molecule has 0 radical (unpaired) electrons. The molecule has 1 aromatic heterocycles. The molecule has 5 nitrogen and oxygen atoms in total. The van der Waals surface area contributed by atoms with E-state index in [1.165, 1.54) is 0 Å². The number of urea groups is 1. The van der Waals surface area contributed by atoms with Crippen molar-refractivity contribution < 1.29 is 4.79 Å². The zero-order valence-corrected chi connectivity index (χ0v) is 11.0. The summed E-state index contributed by atoms with van der Waals surface area (Å²) >= 11 is 11.8. The molecular formula is C11H12Cl2N4O. The Labute approximate surface area is 114 Å².